The van der Waals surface area contributed by atoms with E-state index in [0.29, 0.717) is 16.6 Å². The molecule has 1 aromatic heterocycles. The largest absolute Gasteiger partial charge is 0.355 e. The third-order valence-electron chi connectivity index (χ3n) is 6.39. The van der Waals surface area contributed by atoms with Crippen LogP contribution in [0.1, 0.15) is 35.6 Å². The van der Waals surface area contributed by atoms with Gasteiger partial charge in [0.15, 0.2) is 0 Å². The Bertz CT molecular complexity index is 1350. The van der Waals surface area contributed by atoms with Crippen LogP contribution in [0.3, 0.4) is 0 Å². The third kappa shape index (κ3) is 5.18. The molecule has 1 amide bonds. The zero-order valence-corrected chi connectivity index (χ0v) is 22.1. The van der Waals surface area contributed by atoms with Crippen molar-refractivity contribution >= 4 is 45.0 Å². The Balaban J connectivity index is 1.51. The number of carbonyl (C=O) groups excluding carboxylic acids is 1. The molecule has 0 saturated heterocycles. The first kappa shape index (κ1) is 24.1. The minimum Gasteiger partial charge on any atom is -0.355 e. The second-order valence-electron chi connectivity index (χ2n) is 8.70. The van der Waals surface area contributed by atoms with E-state index in [1.807, 2.05) is 47.1 Å². The molecule has 4 aromatic rings. The summed E-state index contributed by atoms with van der Waals surface area (Å²) in [6.45, 7) is 0.595. The van der Waals surface area contributed by atoms with Gasteiger partial charge in [-0.25, -0.2) is 4.68 Å². The van der Waals surface area contributed by atoms with Crippen LogP contribution in [0.15, 0.2) is 77.3 Å². The van der Waals surface area contributed by atoms with Crippen molar-refractivity contribution in [1.82, 2.24) is 15.1 Å². The Morgan fingerprint density at radius 2 is 1.83 bits per heavy atom. The number of aromatic nitrogens is 2. The monoisotopic (exact) mass is 567 g/mol. The van der Waals surface area contributed by atoms with Crippen molar-refractivity contribution in [1.29, 1.82) is 0 Å². The summed E-state index contributed by atoms with van der Waals surface area (Å²) in [5.41, 5.74) is 5.88. The molecular formula is C28H24BrCl2N3O. The van der Waals surface area contributed by atoms with Gasteiger partial charge >= 0.3 is 0 Å². The van der Waals surface area contributed by atoms with E-state index in [2.05, 4.69) is 45.5 Å². The van der Waals surface area contributed by atoms with Gasteiger partial charge in [0.2, 0.25) is 5.91 Å². The molecule has 1 aliphatic carbocycles. The molecule has 1 N–H and O–H groups in total. The molecule has 1 aliphatic rings. The fourth-order valence-electron chi connectivity index (χ4n) is 4.70. The number of benzene rings is 3. The number of nitrogens with zero attached hydrogens (tertiary/aromatic N) is 2. The number of nitrogens with one attached hydrogen (secondary N) is 1. The number of fused-ring (bicyclic) bond motifs is 1. The van der Waals surface area contributed by atoms with Gasteiger partial charge in [-0.1, -0.05) is 81.6 Å². The molecule has 5 rings (SSSR count). The summed E-state index contributed by atoms with van der Waals surface area (Å²) >= 11 is 16.3. The molecule has 0 saturated carbocycles. The van der Waals surface area contributed by atoms with Gasteiger partial charge in [0.05, 0.1) is 28.0 Å². The minimum absolute atomic E-state index is 0.0242. The van der Waals surface area contributed by atoms with Crippen molar-refractivity contribution in [2.45, 2.75) is 31.6 Å². The molecule has 7 heteroatoms. The molecular weight excluding hydrogens is 545 g/mol. The predicted octanol–water partition coefficient (Wildman–Crippen LogP) is 7.39. The minimum atomic E-state index is -0.295. The molecule has 0 spiro atoms. The first-order valence-electron chi connectivity index (χ1n) is 11.7. The predicted molar refractivity (Wildman–Crippen MR) is 146 cm³/mol. The van der Waals surface area contributed by atoms with Crippen LogP contribution >= 0.6 is 39.1 Å². The van der Waals surface area contributed by atoms with Crippen molar-refractivity contribution in [2.75, 3.05) is 6.54 Å². The highest BCUT2D eigenvalue weighted by Gasteiger charge is 2.33. The van der Waals surface area contributed by atoms with Gasteiger partial charge in [0.1, 0.15) is 0 Å². The Hall–Kier alpha value is -2.60. The third-order valence-corrected chi connectivity index (χ3v) is 7.46. The molecule has 1 heterocycles. The van der Waals surface area contributed by atoms with Crippen LogP contribution in [0.4, 0.5) is 0 Å². The van der Waals surface area contributed by atoms with Gasteiger partial charge in [-0.3, -0.25) is 4.79 Å². The van der Waals surface area contributed by atoms with E-state index in [1.165, 1.54) is 5.56 Å². The van der Waals surface area contributed by atoms with E-state index >= 15 is 0 Å². The molecule has 35 heavy (non-hydrogen) atoms. The van der Waals surface area contributed by atoms with Crippen LogP contribution in [0.2, 0.25) is 10.0 Å². The Labute approximate surface area is 223 Å². The van der Waals surface area contributed by atoms with Crippen molar-refractivity contribution in [2.24, 2.45) is 0 Å². The molecule has 4 nitrogen and oxygen atoms in total. The topological polar surface area (TPSA) is 46.9 Å². The summed E-state index contributed by atoms with van der Waals surface area (Å²) in [4.78, 5) is 13.3. The zero-order valence-electron chi connectivity index (χ0n) is 19.0. The average Bonchev–Trinajstić information content (AvgIpc) is 3.24. The van der Waals surface area contributed by atoms with E-state index in [9.17, 15) is 4.79 Å². The van der Waals surface area contributed by atoms with Gasteiger partial charge in [0, 0.05) is 27.2 Å². The van der Waals surface area contributed by atoms with Crippen LogP contribution in [-0.4, -0.2) is 22.2 Å². The highest BCUT2D eigenvalue weighted by Crippen LogP contribution is 2.40. The van der Waals surface area contributed by atoms with E-state index in [1.54, 1.807) is 6.07 Å². The molecule has 0 radical (unpaired) electrons. The quantitative estimate of drug-likeness (QED) is 0.263. The van der Waals surface area contributed by atoms with Gasteiger partial charge < -0.3 is 5.32 Å². The van der Waals surface area contributed by atoms with Gasteiger partial charge in [-0.2, -0.15) is 5.10 Å². The number of halogens is 3. The molecule has 0 fully saturated rings. The Morgan fingerprint density at radius 1 is 1.06 bits per heavy atom. The Morgan fingerprint density at radius 3 is 2.57 bits per heavy atom. The van der Waals surface area contributed by atoms with Crippen LogP contribution in [0, 0.1) is 0 Å². The van der Waals surface area contributed by atoms with Crippen molar-refractivity contribution in [3.8, 4) is 16.9 Å². The molecule has 178 valence electrons. The number of carbonyl (C=O) groups is 1. The maximum absolute atomic E-state index is 13.3. The normalized spacial score (nSPS) is 15.0. The van der Waals surface area contributed by atoms with Gasteiger partial charge in [-0.15, -0.1) is 0 Å². The molecule has 0 bridgehead atoms. The molecule has 3 aromatic carbocycles. The lowest BCUT2D eigenvalue weighted by atomic mass is 9.85. The van der Waals surface area contributed by atoms with E-state index in [0.717, 1.165) is 58.4 Å². The summed E-state index contributed by atoms with van der Waals surface area (Å²) in [5, 5.41) is 9.21. The summed E-state index contributed by atoms with van der Waals surface area (Å²) < 4.78 is 2.88. The number of hydrogen-bond donors (Lipinski definition) is 1. The fraction of sp³-hybridized carbons (Fsp3) is 0.214. The number of rotatable bonds is 6. The van der Waals surface area contributed by atoms with Crippen molar-refractivity contribution in [3.63, 3.8) is 0 Å². The van der Waals surface area contributed by atoms with Crippen molar-refractivity contribution < 1.29 is 4.79 Å². The van der Waals surface area contributed by atoms with E-state index < -0.39 is 0 Å². The number of hydrogen-bond acceptors (Lipinski definition) is 2. The second kappa shape index (κ2) is 10.6. The van der Waals surface area contributed by atoms with Crippen LogP contribution < -0.4 is 5.32 Å². The first-order chi connectivity index (χ1) is 17.0. The summed E-state index contributed by atoms with van der Waals surface area (Å²) in [5.74, 6) is -0.271. The summed E-state index contributed by atoms with van der Waals surface area (Å²) in [6.07, 6.45) is 3.35. The lowest BCUT2D eigenvalue weighted by Crippen LogP contribution is -2.33. The van der Waals surface area contributed by atoms with E-state index in [4.69, 9.17) is 28.3 Å². The second-order valence-corrected chi connectivity index (χ2v) is 10.5. The smallest absolute Gasteiger partial charge is 0.229 e. The summed E-state index contributed by atoms with van der Waals surface area (Å²) in [6, 6.07) is 23.7. The fourth-order valence-corrected chi connectivity index (χ4v) is 5.45. The van der Waals surface area contributed by atoms with Crippen LogP contribution in [0.25, 0.3) is 16.9 Å². The van der Waals surface area contributed by atoms with E-state index in [-0.39, 0.29) is 11.8 Å². The van der Waals surface area contributed by atoms with Crippen LogP contribution in [0.5, 0.6) is 0 Å². The lowest BCUT2D eigenvalue weighted by Gasteiger charge is -2.21. The molecule has 1 atom stereocenters. The van der Waals surface area contributed by atoms with Crippen LogP contribution in [-0.2, 0) is 17.6 Å². The highest BCUT2D eigenvalue weighted by molar-refractivity contribution is 9.10. The van der Waals surface area contributed by atoms with Crippen molar-refractivity contribution in [3.05, 3.63) is 104 Å². The zero-order chi connectivity index (χ0) is 24.4. The SMILES string of the molecule is O=C(NCCc1ccccc1)[C@@H]1CCCc2c1nn(-c1ccc(Cl)cc1Cl)c2-c1ccc(Br)cc1. The first-order valence-corrected chi connectivity index (χ1v) is 13.2. The maximum atomic E-state index is 13.3. The Kier molecular flexibility index (Phi) is 7.28. The molecule has 0 aliphatic heterocycles. The summed E-state index contributed by atoms with van der Waals surface area (Å²) in [7, 11) is 0. The van der Waals surface area contributed by atoms with Gasteiger partial charge in [-0.05, 0) is 61.6 Å². The molecule has 0 unspecified atom stereocenters. The number of amides is 1. The average molecular weight is 569 g/mol. The maximum Gasteiger partial charge on any atom is 0.229 e. The standard InChI is InChI=1S/C28H24BrCl2N3O/c29-20-11-9-19(10-12-20)27-22-7-4-8-23(28(35)32-16-15-18-5-2-1-3-6-18)26(22)33-34(27)25-14-13-21(30)17-24(25)31/h1-3,5-6,9-14,17,23H,4,7-8,15-16H2,(H,32,35)/t23-/m1/s1. The lowest BCUT2D eigenvalue weighted by molar-refractivity contribution is -0.122. The van der Waals surface area contributed by atoms with Gasteiger partial charge in [0.25, 0.3) is 0 Å². The highest BCUT2D eigenvalue weighted by atomic mass is 79.9.